The van der Waals surface area contributed by atoms with Crippen molar-refractivity contribution in [3.8, 4) is 0 Å². The van der Waals surface area contributed by atoms with Crippen molar-refractivity contribution < 1.29 is 13.2 Å². The molecule has 1 aliphatic heterocycles. The summed E-state index contributed by atoms with van der Waals surface area (Å²) >= 11 is 6.24. The van der Waals surface area contributed by atoms with Crippen LogP contribution in [-0.2, 0) is 10.0 Å². The second-order valence-corrected chi connectivity index (χ2v) is 8.26. The van der Waals surface area contributed by atoms with Crippen molar-refractivity contribution in [1.29, 1.82) is 0 Å². The Morgan fingerprint density at radius 2 is 1.62 bits per heavy atom. The van der Waals surface area contributed by atoms with Crippen LogP contribution in [0.3, 0.4) is 0 Å². The van der Waals surface area contributed by atoms with Gasteiger partial charge in [-0.25, -0.2) is 13.1 Å². The SMILES string of the molecule is CNS(=O)(=O)c1ccc(C(=O)N2CCN(c3ccccc3Cl)CC2)cc1. The zero-order valence-electron chi connectivity index (χ0n) is 14.4. The van der Waals surface area contributed by atoms with E-state index in [2.05, 4.69) is 9.62 Å². The van der Waals surface area contributed by atoms with Crippen molar-refractivity contribution in [1.82, 2.24) is 9.62 Å². The maximum absolute atomic E-state index is 12.7. The van der Waals surface area contributed by atoms with Gasteiger partial charge in [-0.2, -0.15) is 0 Å². The van der Waals surface area contributed by atoms with Crippen LogP contribution in [0.2, 0.25) is 5.02 Å². The first-order valence-electron chi connectivity index (χ1n) is 8.25. The lowest BCUT2D eigenvalue weighted by atomic mass is 10.1. The molecule has 0 saturated carbocycles. The molecule has 0 radical (unpaired) electrons. The summed E-state index contributed by atoms with van der Waals surface area (Å²) < 4.78 is 25.8. The number of nitrogens with one attached hydrogen (secondary N) is 1. The van der Waals surface area contributed by atoms with Gasteiger partial charge in [-0.05, 0) is 43.4 Å². The largest absolute Gasteiger partial charge is 0.367 e. The van der Waals surface area contributed by atoms with Crippen LogP contribution >= 0.6 is 11.6 Å². The van der Waals surface area contributed by atoms with Crippen molar-refractivity contribution in [2.45, 2.75) is 4.90 Å². The number of anilines is 1. The number of para-hydroxylation sites is 1. The van der Waals surface area contributed by atoms with Crippen molar-refractivity contribution in [3.63, 3.8) is 0 Å². The molecule has 8 heteroatoms. The Bertz CT molecular complexity index is 892. The van der Waals surface area contributed by atoms with Crippen molar-refractivity contribution in [2.24, 2.45) is 0 Å². The summed E-state index contributed by atoms with van der Waals surface area (Å²) in [6, 6.07) is 13.6. The average Bonchev–Trinajstić information content (AvgIpc) is 2.68. The summed E-state index contributed by atoms with van der Waals surface area (Å²) in [5.41, 5.74) is 1.45. The fraction of sp³-hybridized carbons (Fsp3) is 0.278. The van der Waals surface area contributed by atoms with Crippen molar-refractivity contribution >= 4 is 33.2 Å². The van der Waals surface area contributed by atoms with E-state index in [0.717, 1.165) is 5.69 Å². The van der Waals surface area contributed by atoms with Crippen LogP contribution in [0.25, 0.3) is 0 Å². The smallest absolute Gasteiger partial charge is 0.253 e. The van der Waals surface area contributed by atoms with Gasteiger partial charge in [0.05, 0.1) is 15.6 Å². The quantitative estimate of drug-likeness (QED) is 0.864. The summed E-state index contributed by atoms with van der Waals surface area (Å²) in [5.74, 6) is -0.0998. The second kappa shape index (κ2) is 7.65. The molecule has 1 N–H and O–H groups in total. The first-order chi connectivity index (χ1) is 12.4. The molecular weight excluding hydrogens is 374 g/mol. The maximum atomic E-state index is 12.7. The van der Waals surface area contributed by atoms with Crippen LogP contribution in [0, 0.1) is 0 Å². The Morgan fingerprint density at radius 1 is 1.00 bits per heavy atom. The van der Waals surface area contributed by atoms with Gasteiger partial charge in [-0.15, -0.1) is 0 Å². The third-order valence-corrected chi connectivity index (χ3v) is 6.19. The topological polar surface area (TPSA) is 69.7 Å². The molecule has 0 atom stereocenters. The fourth-order valence-corrected chi connectivity index (χ4v) is 3.92. The first-order valence-corrected chi connectivity index (χ1v) is 10.1. The van der Waals surface area contributed by atoms with Gasteiger partial charge in [0.1, 0.15) is 0 Å². The van der Waals surface area contributed by atoms with E-state index in [-0.39, 0.29) is 10.8 Å². The predicted octanol–water partition coefficient (Wildman–Crippen LogP) is 2.21. The molecule has 1 amide bonds. The number of carbonyl (C=O) groups excluding carboxylic acids is 1. The molecule has 0 unspecified atom stereocenters. The minimum absolute atomic E-state index is 0.0998. The highest BCUT2D eigenvalue weighted by Crippen LogP contribution is 2.26. The lowest BCUT2D eigenvalue weighted by molar-refractivity contribution is 0.0746. The van der Waals surface area contributed by atoms with E-state index in [9.17, 15) is 13.2 Å². The van der Waals surface area contributed by atoms with E-state index in [1.165, 1.54) is 19.2 Å². The number of hydrogen-bond donors (Lipinski definition) is 1. The zero-order chi connectivity index (χ0) is 18.7. The molecule has 3 rings (SSSR count). The number of sulfonamides is 1. The van der Waals surface area contributed by atoms with Crippen LogP contribution in [0.15, 0.2) is 53.4 Å². The summed E-state index contributed by atoms with van der Waals surface area (Å²) in [7, 11) is -2.15. The number of benzene rings is 2. The molecule has 138 valence electrons. The number of nitrogens with zero attached hydrogens (tertiary/aromatic N) is 2. The number of hydrogen-bond acceptors (Lipinski definition) is 4. The lowest BCUT2D eigenvalue weighted by Gasteiger charge is -2.36. The lowest BCUT2D eigenvalue weighted by Crippen LogP contribution is -2.48. The monoisotopic (exact) mass is 393 g/mol. The maximum Gasteiger partial charge on any atom is 0.253 e. The highest BCUT2D eigenvalue weighted by molar-refractivity contribution is 7.89. The van der Waals surface area contributed by atoms with Crippen molar-refractivity contribution in [3.05, 3.63) is 59.1 Å². The van der Waals surface area contributed by atoms with Gasteiger partial charge in [0.2, 0.25) is 10.0 Å². The molecule has 1 aliphatic rings. The fourth-order valence-electron chi connectivity index (χ4n) is 2.94. The zero-order valence-corrected chi connectivity index (χ0v) is 15.9. The van der Waals surface area contributed by atoms with Gasteiger partial charge in [0, 0.05) is 31.7 Å². The third-order valence-electron chi connectivity index (χ3n) is 4.44. The van der Waals surface area contributed by atoms with E-state index in [1.807, 2.05) is 24.3 Å². The molecule has 2 aromatic rings. The number of piperazine rings is 1. The molecule has 6 nitrogen and oxygen atoms in total. The summed E-state index contributed by atoms with van der Waals surface area (Å²) in [6.45, 7) is 2.56. The number of halogens is 1. The predicted molar refractivity (Wildman–Crippen MR) is 102 cm³/mol. The highest BCUT2D eigenvalue weighted by Gasteiger charge is 2.23. The standard InChI is InChI=1S/C18H20ClN3O3S/c1-20-26(24,25)15-8-6-14(7-9-15)18(23)22-12-10-21(11-13-22)17-5-3-2-4-16(17)19/h2-9,20H,10-13H2,1H3. The minimum Gasteiger partial charge on any atom is -0.367 e. The highest BCUT2D eigenvalue weighted by atomic mass is 35.5. The van der Waals surface area contributed by atoms with Crippen LogP contribution in [0.4, 0.5) is 5.69 Å². The van der Waals surface area contributed by atoms with Gasteiger partial charge >= 0.3 is 0 Å². The van der Waals surface area contributed by atoms with Crippen LogP contribution in [0.1, 0.15) is 10.4 Å². The molecule has 1 heterocycles. The van der Waals surface area contributed by atoms with Gasteiger partial charge in [-0.1, -0.05) is 23.7 Å². The van der Waals surface area contributed by atoms with Gasteiger partial charge in [-0.3, -0.25) is 4.79 Å². The number of rotatable bonds is 4. The van der Waals surface area contributed by atoms with E-state index >= 15 is 0 Å². The van der Waals surface area contributed by atoms with Crippen LogP contribution in [-0.4, -0.2) is 52.5 Å². The van der Waals surface area contributed by atoms with Crippen LogP contribution in [0.5, 0.6) is 0 Å². The summed E-state index contributed by atoms with van der Waals surface area (Å²) in [6.07, 6.45) is 0. The Kier molecular flexibility index (Phi) is 5.50. The summed E-state index contributed by atoms with van der Waals surface area (Å²) in [5, 5.41) is 0.702. The number of amides is 1. The Labute approximate surface area is 158 Å². The minimum atomic E-state index is -3.50. The third kappa shape index (κ3) is 3.85. The molecule has 2 aromatic carbocycles. The summed E-state index contributed by atoms with van der Waals surface area (Å²) in [4.78, 5) is 16.7. The van der Waals surface area contributed by atoms with Gasteiger partial charge < -0.3 is 9.80 Å². The van der Waals surface area contributed by atoms with Gasteiger partial charge in [0.25, 0.3) is 5.91 Å². The Morgan fingerprint density at radius 3 is 2.19 bits per heavy atom. The number of carbonyl (C=O) groups is 1. The average molecular weight is 394 g/mol. The molecule has 0 spiro atoms. The normalized spacial score (nSPS) is 15.2. The molecule has 1 fully saturated rings. The molecule has 0 bridgehead atoms. The van der Waals surface area contributed by atoms with E-state index in [0.29, 0.717) is 36.8 Å². The molecule has 26 heavy (non-hydrogen) atoms. The molecular formula is C18H20ClN3O3S. The molecule has 0 aliphatic carbocycles. The molecule has 1 saturated heterocycles. The van der Waals surface area contributed by atoms with Crippen LogP contribution < -0.4 is 9.62 Å². The Balaban J connectivity index is 1.66. The van der Waals surface area contributed by atoms with Crippen molar-refractivity contribution in [2.75, 3.05) is 38.1 Å². The van der Waals surface area contributed by atoms with E-state index in [1.54, 1.807) is 17.0 Å². The van der Waals surface area contributed by atoms with E-state index in [4.69, 9.17) is 11.6 Å². The van der Waals surface area contributed by atoms with E-state index < -0.39 is 10.0 Å². The molecule has 0 aromatic heterocycles. The first kappa shape index (κ1) is 18.7. The second-order valence-electron chi connectivity index (χ2n) is 5.96. The Hall–Kier alpha value is -2.09. The van der Waals surface area contributed by atoms with Gasteiger partial charge in [0.15, 0.2) is 0 Å².